The summed E-state index contributed by atoms with van der Waals surface area (Å²) >= 11 is 0. The molecule has 1 saturated carbocycles. The van der Waals surface area contributed by atoms with E-state index < -0.39 is 0 Å². The molecule has 1 fully saturated rings. The van der Waals surface area contributed by atoms with Crippen molar-refractivity contribution in [3.8, 4) is 0 Å². The molecule has 0 saturated heterocycles. The monoisotopic (exact) mass is 215 g/mol. The fraction of sp³-hybridized carbons (Fsp3) is 0.909. The second-order valence-electron chi connectivity index (χ2n) is 4.00. The van der Waals surface area contributed by atoms with E-state index in [1.165, 1.54) is 20.0 Å². The SMILES string of the molecule is COC(=O)CCNC1CCCC(OC)C1. The molecule has 88 valence electrons. The Bertz CT molecular complexity index is 196. The molecule has 1 aliphatic carbocycles. The number of carbonyl (C=O) groups excluding carboxylic acids is 1. The van der Waals surface area contributed by atoms with Crippen LogP contribution in [0.15, 0.2) is 0 Å². The summed E-state index contributed by atoms with van der Waals surface area (Å²) in [5.41, 5.74) is 0. The number of hydrogen-bond acceptors (Lipinski definition) is 4. The molecule has 4 heteroatoms. The predicted octanol–water partition coefficient (Wildman–Crippen LogP) is 1.10. The van der Waals surface area contributed by atoms with Gasteiger partial charge in [-0.15, -0.1) is 0 Å². The highest BCUT2D eigenvalue weighted by Gasteiger charge is 2.20. The molecule has 0 radical (unpaired) electrons. The van der Waals surface area contributed by atoms with Gasteiger partial charge in [0, 0.05) is 19.7 Å². The summed E-state index contributed by atoms with van der Waals surface area (Å²) in [5, 5.41) is 3.37. The van der Waals surface area contributed by atoms with Crippen LogP contribution in [0, 0.1) is 0 Å². The number of methoxy groups -OCH3 is 2. The Balaban J connectivity index is 2.12. The van der Waals surface area contributed by atoms with E-state index >= 15 is 0 Å². The first-order valence-electron chi connectivity index (χ1n) is 5.59. The first-order valence-corrected chi connectivity index (χ1v) is 5.59. The molecule has 15 heavy (non-hydrogen) atoms. The van der Waals surface area contributed by atoms with Crippen LogP contribution in [-0.2, 0) is 14.3 Å². The zero-order chi connectivity index (χ0) is 11.1. The summed E-state index contributed by atoms with van der Waals surface area (Å²) in [7, 11) is 3.19. The van der Waals surface area contributed by atoms with Gasteiger partial charge in [0.05, 0.1) is 19.6 Å². The first kappa shape index (κ1) is 12.5. The van der Waals surface area contributed by atoms with Crippen molar-refractivity contribution in [2.24, 2.45) is 0 Å². The van der Waals surface area contributed by atoms with Crippen molar-refractivity contribution in [2.45, 2.75) is 44.2 Å². The molecule has 2 atom stereocenters. The Labute approximate surface area is 91.3 Å². The van der Waals surface area contributed by atoms with Crippen molar-refractivity contribution >= 4 is 5.97 Å². The van der Waals surface area contributed by atoms with Crippen LogP contribution in [-0.4, -0.2) is 38.9 Å². The second-order valence-corrected chi connectivity index (χ2v) is 4.00. The highest BCUT2D eigenvalue weighted by atomic mass is 16.5. The number of carbonyl (C=O) groups is 1. The van der Waals surface area contributed by atoms with Crippen molar-refractivity contribution < 1.29 is 14.3 Å². The zero-order valence-electron chi connectivity index (χ0n) is 9.62. The fourth-order valence-electron chi connectivity index (χ4n) is 2.02. The van der Waals surface area contributed by atoms with Gasteiger partial charge in [0.1, 0.15) is 0 Å². The number of ether oxygens (including phenoxy) is 2. The van der Waals surface area contributed by atoms with Gasteiger partial charge in [0.2, 0.25) is 0 Å². The van der Waals surface area contributed by atoms with Gasteiger partial charge in [-0.05, 0) is 25.7 Å². The smallest absolute Gasteiger partial charge is 0.306 e. The molecule has 0 aromatic carbocycles. The molecule has 0 aromatic heterocycles. The van der Waals surface area contributed by atoms with Crippen molar-refractivity contribution in [2.75, 3.05) is 20.8 Å². The molecule has 0 spiro atoms. The third kappa shape index (κ3) is 4.62. The first-order chi connectivity index (χ1) is 7.26. The quantitative estimate of drug-likeness (QED) is 0.698. The lowest BCUT2D eigenvalue weighted by atomic mass is 9.93. The Morgan fingerprint density at radius 1 is 1.40 bits per heavy atom. The topological polar surface area (TPSA) is 47.6 Å². The average Bonchev–Trinajstić information content (AvgIpc) is 2.29. The summed E-state index contributed by atoms with van der Waals surface area (Å²) in [4.78, 5) is 10.9. The van der Waals surface area contributed by atoms with E-state index in [2.05, 4.69) is 10.1 Å². The van der Waals surface area contributed by atoms with Crippen LogP contribution >= 0.6 is 0 Å². The van der Waals surface area contributed by atoms with Crippen LogP contribution in [0.1, 0.15) is 32.1 Å². The van der Waals surface area contributed by atoms with Crippen LogP contribution in [0.25, 0.3) is 0 Å². The lowest BCUT2D eigenvalue weighted by Crippen LogP contribution is -2.37. The minimum atomic E-state index is -0.151. The normalized spacial score (nSPS) is 26.3. The Kier molecular flexibility index (Phi) is 5.65. The summed E-state index contributed by atoms with van der Waals surface area (Å²) in [5.74, 6) is -0.151. The minimum absolute atomic E-state index is 0.151. The van der Waals surface area contributed by atoms with E-state index in [4.69, 9.17) is 4.74 Å². The summed E-state index contributed by atoms with van der Waals surface area (Å²) in [6, 6.07) is 0.494. The molecular formula is C11H21NO3. The van der Waals surface area contributed by atoms with Crippen molar-refractivity contribution in [3.63, 3.8) is 0 Å². The standard InChI is InChI=1S/C11H21NO3/c1-14-10-5-3-4-9(8-10)12-7-6-11(13)15-2/h9-10,12H,3-8H2,1-2H3. The number of hydrogen-bond donors (Lipinski definition) is 1. The van der Waals surface area contributed by atoms with E-state index in [9.17, 15) is 4.79 Å². The van der Waals surface area contributed by atoms with E-state index in [0.717, 1.165) is 12.8 Å². The van der Waals surface area contributed by atoms with E-state index in [1.54, 1.807) is 7.11 Å². The average molecular weight is 215 g/mol. The second kappa shape index (κ2) is 6.80. The van der Waals surface area contributed by atoms with Crippen LogP contribution < -0.4 is 5.32 Å². The van der Waals surface area contributed by atoms with Gasteiger partial charge in [-0.2, -0.15) is 0 Å². The molecule has 2 unspecified atom stereocenters. The summed E-state index contributed by atoms with van der Waals surface area (Å²) in [6.07, 6.45) is 5.43. The maximum Gasteiger partial charge on any atom is 0.306 e. The maximum atomic E-state index is 10.9. The largest absolute Gasteiger partial charge is 0.469 e. The van der Waals surface area contributed by atoms with Crippen molar-refractivity contribution in [1.82, 2.24) is 5.32 Å². The van der Waals surface area contributed by atoms with Gasteiger partial charge in [-0.1, -0.05) is 0 Å². The molecule has 0 bridgehead atoms. The van der Waals surface area contributed by atoms with Gasteiger partial charge in [0.25, 0.3) is 0 Å². The minimum Gasteiger partial charge on any atom is -0.469 e. The highest BCUT2D eigenvalue weighted by Crippen LogP contribution is 2.20. The highest BCUT2D eigenvalue weighted by molar-refractivity contribution is 5.69. The van der Waals surface area contributed by atoms with E-state index in [0.29, 0.717) is 25.1 Å². The van der Waals surface area contributed by atoms with Crippen molar-refractivity contribution in [3.05, 3.63) is 0 Å². The zero-order valence-corrected chi connectivity index (χ0v) is 9.62. The molecule has 0 amide bonds. The summed E-state index contributed by atoms with van der Waals surface area (Å²) < 4.78 is 9.92. The molecule has 0 aromatic rings. The molecule has 0 aliphatic heterocycles. The third-order valence-electron chi connectivity index (χ3n) is 2.95. The van der Waals surface area contributed by atoms with Gasteiger partial charge in [-0.3, -0.25) is 4.79 Å². The molecule has 4 nitrogen and oxygen atoms in total. The molecule has 0 heterocycles. The maximum absolute atomic E-state index is 10.9. The van der Waals surface area contributed by atoms with Gasteiger partial charge in [-0.25, -0.2) is 0 Å². The van der Waals surface area contributed by atoms with E-state index in [-0.39, 0.29) is 5.97 Å². The Morgan fingerprint density at radius 2 is 2.20 bits per heavy atom. The third-order valence-corrected chi connectivity index (χ3v) is 2.95. The lowest BCUT2D eigenvalue weighted by Gasteiger charge is -2.28. The summed E-state index contributed by atoms with van der Waals surface area (Å²) in [6.45, 7) is 0.702. The predicted molar refractivity (Wildman–Crippen MR) is 57.7 cm³/mol. The number of rotatable bonds is 5. The fourth-order valence-corrected chi connectivity index (χ4v) is 2.02. The number of nitrogens with one attached hydrogen (secondary N) is 1. The molecule has 1 rings (SSSR count). The Hall–Kier alpha value is -0.610. The molecule has 1 aliphatic rings. The van der Waals surface area contributed by atoms with Gasteiger partial charge >= 0.3 is 5.97 Å². The number of esters is 1. The van der Waals surface area contributed by atoms with Crippen LogP contribution in [0.4, 0.5) is 0 Å². The van der Waals surface area contributed by atoms with Crippen LogP contribution in [0.5, 0.6) is 0 Å². The van der Waals surface area contributed by atoms with Gasteiger partial charge in [0.15, 0.2) is 0 Å². The van der Waals surface area contributed by atoms with Crippen molar-refractivity contribution in [1.29, 1.82) is 0 Å². The molecule has 1 N–H and O–H groups in total. The van der Waals surface area contributed by atoms with Crippen LogP contribution in [0.3, 0.4) is 0 Å². The van der Waals surface area contributed by atoms with Crippen LogP contribution in [0.2, 0.25) is 0 Å². The van der Waals surface area contributed by atoms with E-state index in [1.807, 2.05) is 0 Å². The lowest BCUT2D eigenvalue weighted by molar-refractivity contribution is -0.140. The Morgan fingerprint density at radius 3 is 2.87 bits per heavy atom. The van der Waals surface area contributed by atoms with Gasteiger partial charge < -0.3 is 14.8 Å². The molecular weight excluding hydrogens is 194 g/mol.